The van der Waals surface area contributed by atoms with Gasteiger partial charge in [-0.05, 0) is 65.1 Å². The summed E-state index contributed by atoms with van der Waals surface area (Å²) in [5, 5.41) is 5.72. The summed E-state index contributed by atoms with van der Waals surface area (Å²) in [6, 6.07) is 2.19. The van der Waals surface area contributed by atoms with Crippen molar-refractivity contribution in [2.75, 3.05) is 13.1 Å². The molecular weight excluding hydrogens is 270 g/mol. The van der Waals surface area contributed by atoms with Crippen LogP contribution in [0.2, 0.25) is 0 Å². The Labute approximate surface area is 104 Å². The second kappa shape index (κ2) is 5.46. The van der Waals surface area contributed by atoms with Crippen LogP contribution in [0.25, 0.3) is 0 Å². The predicted octanol–water partition coefficient (Wildman–Crippen LogP) is 4.00. The van der Waals surface area contributed by atoms with Gasteiger partial charge in [-0.3, -0.25) is 0 Å². The third-order valence-corrected chi connectivity index (χ3v) is 5.25. The first-order chi connectivity index (χ1) is 7.33. The maximum absolute atomic E-state index is 3.67. The third kappa shape index (κ3) is 2.63. The number of rotatable bonds is 3. The molecule has 1 nitrogen and oxygen atoms in total. The molecule has 0 radical (unpaired) electrons. The number of nitrogens with one attached hydrogen (secondary N) is 1. The molecule has 0 aliphatic carbocycles. The van der Waals surface area contributed by atoms with Crippen LogP contribution < -0.4 is 5.32 Å². The first-order valence-electron chi connectivity index (χ1n) is 5.76. The SMILES string of the molecule is CCCC1CNCCC1c1sccc1Br. The van der Waals surface area contributed by atoms with Gasteiger partial charge in [0.15, 0.2) is 0 Å². The van der Waals surface area contributed by atoms with Crippen molar-refractivity contribution in [3.8, 4) is 0 Å². The van der Waals surface area contributed by atoms with Crippen LogP contribution >= 0.6 is 27.3 Å². The molecule has 1 aromatic rings. The molecule has 2 heterocycles. The molecule has 0 saturated carbocycles. The van der Waals surface area contributed by atoms with Crippen molar-refractivity contribution in [3.05, 3.63) is 20.8 Å². The highest BCUT2D eigenvalue weighted by atomic mass is 79.9. The Hall–Kier alpha value is 0.140. The van der Waals surface area contributed by atoms with E-state index in [4.69, 9.17) is 0 Å². The van der Waals surface area contributed by atoms with Crippen molar-refractivity contribution in [2.45, 2.75) is 32.1 Å². The van der Waals surface area contributed by atoms with E-state index in [0.29, 0.717) is 0 Å². The quantitative estimate of drug-likeness (QED) is 0.886. The fourth-order valence-corrected chi connectivity index (χ4v) is 4.41. The fraction of sp³-hybridized carbons (Fsp3) is 0.667. The van der Waals surface area contributed by atoms with E-state index in [0.717, 1.165) is 11.8 Å². The zero-order valence-electron chi connectivity index (χ0n) is 9.13. The van der Waals surface area contributed by atoms with Crippen molar-refractivity contribution in [1.29, 1.82) is 0 Å². The smallest absolute Gasteiger partial charge is 0.0317 e. The zero-order valence-corrected chi connectivity index (χ0v) is 11.5. The summed E-state index contributed by atoms with van der Waals surface area (Å²) in [5.41, 5.74) is 0. The number of piperidine rings is 1. The molecule has 0 bridgehead atoms. The van der Waals surface area contributed by atoms with Gasteiger partial charge < -0.3 is 5.32 Å². The molecule has 0 spiro atoms. The van der Waals surface area contributed by atoms with Crippen LogP contribution in [0.5, 0.6) is 0 Å². The lowest BCUT2D eigenvalue weighted by atomic mass is 9.82. The van der Waals surface area contributed by atoms with Gasteiger partial charge >= 0.3 is 0 Å². The van der Waals surface area contributed by atoms with E-state index in [2.05, 4.69) is 39.6 Å². The molecule has 2 unspecified atom stereocenters. The molecule has 15 heavy (non-hydrogen) atoms. The zero-order chi connectivity index (χ0) is 10.7. The molecule has 1 saturated heterocycles. The Morgan fingerprint density at radius 3 is 3.13 bits per heavy atom. The molecule has 0 aromatic carbocycles. The molecule has 2 rings (SSSR count). The lowest BCUT2D eigenvalue weighted by Crippen LogP contribution is -2.35. The van der Waals surface area contributed by atoms with E-state index in [1.165, 1.54) is 36.8 Å². The van der Waals surface area contributed by atoms with Crippen molar-refractivity contribution in [2.24, 2.45) is 5.92 Å². The van der Waals surface area contributed by atoms with Crippen molar-refractivity contribution >= 4 is 27.3 Å². The number of thiophene rings is 1. The van der Waals surface area contributed by atoms with E-state index in [1.807, 2.05) is 11.3 Å². The Kier molecular flexibility index (Phi) is 4.23. The first-order valence-corrected chi connectivity index (χ1v) is 7.43. The van der Waals surface area contributed by atoms with Crippen LogP contribution in [0, 0.1) is 5.92 Å². The molecule has 0 amide bonds. The van der Waals surface area contributed by atoms with Crippen molar-refractivity contribution in [1.82, 2.24) is 5.32 Å². The van der Waals surface area contributed by atoms with Gasteiger partial charge in [-0.2, -0.15) is 0 Å². The highest BCUT2D eigenvalue weighted by Gasteiger charge is 2.27. The minimum absolute atomic E-state index is 0.778. The van der Waals surface area contributed by atoms with Crippen molar-refractivity contribution < 1.29 is 0 Å². The van der Waals surface area contributed by atoms with Crippen molar-refractivity contribution in [3.63, 3.8) is 0 Å². The monoisotopic (exact) mass is 287 g/mol. The first kappa shape index (κ1) is 11.6. The van der Waals surface area contributed by atoms with Gasteiger partial charge in [0.05, 0.1) is 0 Å². The van der Waals surface area contributed by atoms with Crippen LogP contribution in [0.1, 0.15) is 37.0 Å². The molecule has 1 aromatic heterocycles. The second-order valence-electron chi connectivity index (χ2n) is 4.28. The van der Waals surface area contributed by atoms with Crippen LogP contribution in [-0.4, -0.2) is 13.1 Å². The van der Waals surface area contributed by atoms with Crippen LogP contribution in [0.3, 0.4) is 0 Å². The minimum Gasteiger partial charge on any atom is -0.316 e. The molecule has 2 atom stereocenters. The minimum atomic E-state index is 0.778. The molecule has 3 heteroatoms. The Bertz CT molecular complexity index is 308. The lowest BCUT2D eigenvalue weighted by Gasteiger charge is -2.31. The standard InChI is InChI=1S/C12H18BrNS/c1-2-3-9-8-14-6-4-10(9)12-11(13)5-7-15-12/h5,7,9-10,14H,2-4,6,8H2,1H3. The largest absolute Gasteiger partial charge is 0.316 e. The summed E-state index contributed by atoms with van der Waals surface area (Å²) in [6.45, 7) is 4.66. The Morgan fingerprint density at radius 1 is 1.60 bits per heavy atom. The molecule has 1 aliphatic rings. The van der Waals surface area contributed by atoms with Crippen LogP contribution in [0.15, 0.2) is 15.9 Å². The average Bonchev–Trinajstić information content (AvgIpc) is 2.66. The fourth-order valence-electron chi connectivity index (χ4n) is 2.51. The maximum atomic E-state index is 3.67. The average molecular weight is 288 g/mol. The van der Waals surface area contributed by atoms with Gasteiger partial charge in [0.2, 0.25) is 0 Å². The molecular formula is C12H18BrNS. The van der Waals surface area contributed by atoms with Crippen LogP contribution in [-0.2, 0) is 0 Å². The van der Waals surface area contributed by atoms with Gasteiger partial charge in [-0.1, -0.05) is 13.3 Å². The molecule has 1 aliphatic heterocycles. The predicted molar refractivity (Wildman–Crippen MR) is 70.6 cm³/mol. The molecule has 1 N–H and O–H groups in total. The highest BCUT2D eigenvalue weighted by Crippen LogP contribution is 2.39. The third-order valence-electron chi connectivity index (χ3n) is 3.25. The summed E-state index contributed by atoms with van der Waals surface area (Å²) < 4.78 is 1.32. The molecule has 84 valence electrons. The van der Waals surface area contributed by atoms with E-state index in [-0.39, 0.29) is 0 Å². The van der Waals surface area contributed by atoms with E-state index in [9.17, 15) is 0 Å². The van der Waals surface area contributed by atoms with Gasteiger partial charge in [0.1, 0.15) is 0 Å². The second-order valence-corrected chi connectivity index (χ2v) is 6.08. The summed E-state index contributed by atoms with van der Waals surface area (Å²) >= 11 is 5.58. The highest BCUT2D eigenvalue weighted by molar-refractivity contribution is 9.10. The van der Waals surface area contributed by atoms with Gasteiger partial charge in [-0.15, -0.1) is 11.3 Å². The Morgan fingerprint density at radius 2 is 2.47 bits per heavy atom. The molecule has 1 fully saturated rings. The summed E-state index contributed by atoms with van der Waals surface area (Å²) in [5.74, 6) is 1.61. The summed E-state index contributed by atoms with van der Waals surface area (Å²) in [7, 11) is 0. The van der Waals surface area contributed by atoms with E-state index >= 15 is 0 Å². The number of hydrogen-bond acceptors (Lipinski definition) is 2. The maximum Gasteiger partial charge on any atom is 0.0317 e. The normalized spacial score (nSPS) is 26.8. The number of halogens is 1. The van der Waals surface area contributed by atoms with E-state index < -0.39 is 0 Å². The Balaban J connectivity index is 2.14. The van der Waals surface area contributed by atoms with Gasteiger partial charge in [0, 0.05) is 9.35 Å². The van der Waals surface area contributed by atoms with Gasteiger partial charge in [0.25, 0.3) is 0 Å². The summed E-state index contributed by atoms with van der Waals surface area (Å²) in [4.78, 5) is 1.56. The summed E-state index contributed by atoms with van der Waals surface area (Å²) in [6.07, 6.45) is 3.94. The van der Waals surface area contributed by atoms with Crippen LogP contribution in [0.4, 0.5) is 0 Å². The topological polar surface area (TPSA) is 12.0 Å². The lowest BCUT2D eigenvalue weighted by molar-refractivity contribution is 0.309. The number of hydrogen-bond donors (Lipinski definition) is 1. The van der Waals surface area contributed by atoms with E-state index in [1.54, 1.807) is 4.88 Å². The van der Waals surface area contributed by atoms with Gasteiger partial charge in [-0.25, -0.2) is 0 Å².